The van der Waals surface area contributed by atoms with Gasteiger partial charge >= 0.3 is 0 Å². The molecule has 28 heavy (non-hydrogen) atoms. The highest BCUT2D eigenvalue weighted by molar-refractivity contribution is 6.38. The first-order valence-electron chi connectivity index (χ1n) is 9.10. The van der Waals surface area contributed by atoms with Crippen LogP contribution in [-0.4, -0.2) is 16.7 Å². The zero-order valence-corrected chi connectivity index (χ0v) is 15.7. The lowest BCUT2D eigenvalue weighted by molar-refractivity contribution is -0.112. The van der Waals surface area contributed by atoms with Crippen LogP contribution in [0.1, 0.15) is 22.3 Å². The van der Waals surface area contributed by atoms with Crippen molar-refractivity contribution in [1.82, 2.24) is 0 Å². The van der Waals surface area contributed by atoms with Crippen LogP contribution in [-0.2, 0) is 4.79 Å². The summed E-state index contributed by atoms with van der Waals surface area (Å²) in [6, 6.07) is 22.6. The zero-order valence-electron chi connectivity index (χ0n) is 15.7. The van der Waals surface area contributed by atoms with Crippen LogP contribution >= 0.6 is 0 Å². The molecular weight excluding hydrogens is 348 g/mol. The number of nitrogens with zero attached hydrogens (tertiary/aromatic N) is 1. The third kappa shape index (κ3) is 3.21. The van der Waals surface area contributed by atoms with Crippen molar-refractivity contribution in [3.8, 4) is 0 Å². The molecule has 4 nitrogen and oxygen atoms in total. The van der Waals surface area contributed by atoms with Gasteiger partial charge in [0.25, 0.3) is 5.91 Å². The molecule has 0 bridgehead atoms. The van der Waals surface area contributed by atoms with Crippen molar-refractivity contribution >= 4 is 28.8 Å². The lowest BCUT2D eigenvalue weighted by Crippen LogP contribution is -2.19. The SMILES string of the molecule is Cc1ccc(NC(=O)C2=C(O)c3ccccc3C2=Nc2ccccc2C)cc1. The topological polar surface area (TPSA) is 61.7 Å². The number of aliphatic hydroxyl groups excluding tert-OH is 1. The average Bonchev–Trinajstić information content (AvgIpc) is 2.98. The summed E-state index contributed by atoms with van der Waals surface area (Å²) in [5.41, 5.74) is 5.57. The number of rotatable bonds is 3. The smallest absolute Gasteiger partial charge is 0.261 e. The van der Waals surface area contributed by atoms with Gasteiger partial charge in [0.05, 0.1) is 11.4 Å². The molecule has 0 saturated heterocycles. The molecule has 0 aliphatic heterocycles. The molecule has 3 aromatic carbocycles. The Bertz CT molecular complexity index is 1130. The van der Waals surface area contributed by atoms with Gasteiger partial charge in [-0.3, -0.25) is 4.79 Å². The van der Waals surface area contributed by atoms with Crippen molar-refractivity contribution in [3.63, 3.8) is 0 Å². The number of hydrogen-bond acceptors (Lipinski definition) is 3. The second-order valence-corrected chi connectivity index (χ2v) is 6.84. The second kappa shape index (κ2) is 7.16. The minimum atomic E-state index is -0.384. The van der Waals surface area contributed by atoms with Gasteiger partial charge in [-0.1, -0.05) is 60.2 Å². The Morgan fingerprint density at radius 1 is 0.857 bits per heavy atom. The Morgan fingerprint density at radius 2 is 1.50 bits per heavy atom. The molecule has 1 amide bonds. The summed E-state index contributed by atoms with van der Waals surface area (Å²) in [6.07, 6.45) is 0. The molecule has 0 aromatic heterocycles. The number of nitrogens with one attached hydrogen (secondary N) is 1. The molecule has 0 atom stereocenters. The summed E-state index contributed by atoms with van der Waals surface area (Å²) in [4.78, 5) is 17.8. The Hall–Kier alpha value is -3.66. The van der Waals surface area contributed by atoms with Gasteiger partial charge in [-0.25, -0.2) is 4.99 Å². The van der Waals surface area contributed by atoms with Crippen molar-refractivity contribution in [2.75, 3.05) is 5.32 Å². The van der Waals surface area contributed by atoms with E-state index in [9.17, 15) is 9.90 Å². The lowest BCUT2D eigenvalue weighted by atomic mass is 10.1. The van der Waals surface area contributed by atoms with E-state index in [2.05, 4.69) is 5.32 Å². The molecule has 0 radical (unpaired) electrons. The fraction of sp³-hybridized carbons (Fsp3) is 0.0833. The third-order valence-corrected chi connectivity index (χ3v) is 4.80. The number of hydrogen-bond donors (Lipinski definition) is 2. The molecule has 3 aromatic rings. The predicted octanol–water partition coefficient (Wildman–Crippen LogP) is 5.35. The van der Waals surface area contributed by atoms with Crippen molar-refractivity contribution in [2.24, 2.45) is 4.99 Å². The van der Waals surface area contributed by atoms with Crippen molar-refractivity contribution in [3.05, 3.63) is 101 Å². The molecule has 2 N–H and O–H groups in total. The van der Waals surface area contributed by atoms with Crippen LogP contribution < -0.4 is 5.32 Å². The summed E-state index contributed by atoms with van der Waals surface area (Å²) in [5, 5.41) is 13.7. The highest BCUT2D eigenvalue weighted by Crippen LogP contribution is 2.34. The van der Waals surface area contributed by atoms with Crippen LogP contribution in [0.4, 0.5) is 11.4 Å². The molecule has 4 rings (SSSR count). The van der Waals surface area contributed by atoms with Crippen LogP contribution in [0.15, 0.2) is 83.4 Å². The maximum absolute atomic E-state index is 13.1. The third-order valence-electron chi connectivity index (χ3n) is 4.80. The molecule has 0 fully saturated rings. The van der Waals surface area contributed by atoms with Crippen LogP contribution in [0.5, 0.6) is 0 Å². The Balaban J connectivity index is 1.79. The quantitative estimate of drug-likeness (QED) is 0.655. The summed E-state index contributed by atoms with van der Waals surface area (Å²) >= 11 is 0. The van der Waals surface area contributed by atoms with Crippen LogP contribution in [0.25, 0.3) is 5.76 Å². The monoisotopic (exact) mass is 368 g/mol. The van der Waals surface area contributed by atoms with Crippen molar-refractivity contribution in [1.29, 1.82) is 0 Å². The molecule has 0 unspecified atom stereocenters. The van der Waals surface area contributed by atoms with E-state index in [0.717, 1.165) is 22.4 Å². The number of aliphatic hydroxyl groups is 1. The number of anilines is 1. The first kappa shape index (κ1) is 17.7. The van der Waals surface area contributed by atoms with Gasteiger partial charge in [0.15, 0.2) is 0 Å². The summed E-state index contributed by atoms with van der Waals surface area (Å²) in [5.74, 6) is -0.433. The lowest BCUT2D eigenvalue weighted by Gasteiger charge is -2.09. The highest BCUT2D eigenvalue weighted by Gasteiger charge is 2.32. The summed E-state index contributed by atoms with van der Waals surface area (Å²) in [6.45, 7) is 3.95. The maximum atomic E-state index is 13.1. The van der Waals surface area contributed by atoms with Crippen LogP contribution in [0, 0.1) is 13.8 Å². The Labute approximate surface area is 163 Å². The highest BCUT2D eigenvalue weighted by atomic mass is 16.3. The van der Waals surface area contributed by atoms with Crippen molar-refractivity contribution in [2.45, 2.75) is 13.8 Å². The average molecular weight is 368 g/mol. The van der Waals surface area contributed by atoms with E-state index in [1.807, 2.05) is 80.6 Å². The van der Waals surface area contributed by atoms with Crippen LogP contribution in [0.3, 0.4) is 0 Å². The number of carbonyl (C=O) groups is 1. The largest absolute Gasteiger partial charge is 0.506 e. The second-order valence-electron chi connectivity index (χ2n) is 6.84. The van der Waals surface area contributed by atoms with Gasteiger partial charge < -0.3 is 10.4 Å². The van der Waals surface area contributed by atoms with Gasteiger partial charge in [0.1, 0.15) is 11.3 Å². The van der Waals surface area contributed by atoms with E-state index in [-0.39, 0.29) is 17.2 Å². The van der Waals surface area contributed by atoms with Gasteiger partial charge in [-0.2, -0.15) is 0 Å². The normalized spacial score (nSPS) is 14.3. The molecule has 1 aliphatic carbocycles. The zero-order chi connectivity index (χ0) is 19.7. The number of benzene rings is 3. The molecule has 0 spiro atoms. The molecule has 0 saturated carbocycles. The van der Waals surface area contributed by atoms with E-state index >= 15 is 0 Å². The molecule has 4 heteroatoms. The van der Waals surface area contributed by atoms with Gasteiger partial charge in [0, 0.05) is 16.8 Å². The number of fused-ring (bicyclic) bond motifs is 1. The number of amides is 1. The molecule has 0 heterocycles. The number of aryl methyl sites for hydroxylation is 2. The van der Waals surface area contributed by atoms with Gasteiger partial charge in [-0.05, 0) is 37.6 Å². The van der Waals surface area contributed by atoms with E-state index < -0.39 is 0 Å². The number of para-hydroxylation sites is 1. The fourth-order valence-electron chi connectivity index (χ4n) is 3.25. The minimum Gasteiger partial charge on any atom is -0.506 e. The van der Waals surface area contributed by atoms with Crippen molar-refractivity contribution < 1.29 is 9.90 Å². The predicted molar refractivity (Wildman–Crippen MR) is 113 cm³/mol. The molecule has 1 aliphatic rings. The number of carbonyl (C=O) groups excluding carboxylic acids is 1. The van der Waals surface area contributed by atoms with E-state index in [1.54, 1.807) is 6.07 Å². The Kier molecular flexibility index (Phi) is 4.53. The first-order valence-corrected chi connectivity index (χ1v) is 9.10. The summed E-state index contributed by atoms with van der Waals surface area (Å²) < 4.78 is 0. The van der Waals surface area contributed by atoms with Crippen LogP contribution in [0.2, 0.25) is 0 Å². The standard InChI is InChI=1S/C24H20N2O2/c1-15-11-13-17(14-12-15)25-24(28)21-22(26-20-10-6-3-7-16(20)2)18-8-4-5-9-19(18)23(21)27/h3-14,27H,1-2H3,(H,25,28). The van der Waals surface area contributed by atoms with Gasteiger partial charge in [-0.15, -0.1) is 0 Å². The fourth-order valence-corrected chi connectivity index (χ4v) is 3.25. The Morgan fingerprint density at radius 3 is 2.21 bits per heavy atom. The first-order chi connectivity index (χ1) is 13.5. The maximum Gasteiger partial charge on any atom is 0.261 e. The van der Waals surface area contributed by atoms with Gasteiger partial charge in [0.2, 0.25) is 0 Å². The van der Waals surface area contributed by atoms with E-state index in [1.165, 1.54) is 0 Å². The minimum absolute atomic E-state index is 0.0486. The van der Waals surface area contributed by atoms with E-state index in [0.29, 0.717) is 17.0 Å². The summed E-state index contributed by atoms with van der Waals surface area (Å²) in [7, 11) is 0. The number of aliphatic imine (C=N–C) groups is 1. The molecule has 138 valence electrons. The van der Waals surface area contributed by atoms with E-state index in [4.69, 9.17) is 4.99 Å². The molecular formula is C24H20N2O2.